The Morgan fingerprint density at radius 3 is 1.29 bits per heavy atom. The SMILES string of the molecule is CCC(C)(CC(C)(C)C(=O)OC1CC(C(O)(C(F)(F)F)C(F)(F)F)CC(C(O)(C(F)(F)F)C(F)(F)F)C1)C(=O)OC(CC(O)(C(F)(F)F)C(F)(F)F)C1CCCCC1. The zero-order valence-corrected chi connectivity index (χ0v) is 30.9. The van der Waals surface area contributed by atoms with Gasteiger partial charge in [-0.2, -0.15) is 79.0 Å². The molecule has 4 unspecified atom stereocenters. The van der Waals surface area contributed by atoms with Crippen LogP contribution in [-0.4, -0.2) is 93.3 Å². The van der Waals surface area contributed by atoms with Crippen molar-refractivity contribution >= 4 is 11.9 Å². The molecule has 0 heterocycles. The second kappa shape index (κ2) is 16.4. The van der Waals surface area contributed by atoms with Crippen LogP contribution in [0, 0.1) is 28.6 Å². The first kappa shape index (κ1) is 51.7. The third kappa shape index (κ3) is 10.0. The fourth-order valence-corrected chi connectivity index (χ4v) is 7.77. The Morgan fingerprint density at radius 2 is 0.966 bits per heavy atom. The summed E-state index contributed by atoms with van der Waals surface area (Å²) in [4.78, 5) is 27.1. The van der Waals surface area contributed by atoms with Gasteiger partial charge in [-0.15, -0.1) is 0 Å². The molecule has 7 nitrogen and oxygen atoms in total. The molecule has 58 heavy (non-hydrogen) atoms. The van der Waals surface area contributed by atoms with E-state index in [0.717, 1.165) is 20.8 Å². The van der Waals surface area contributed by atoms with E-state index >= 15 is 0 Å². The van der Waals surface area contributed by atoms with E-state index in [1.54, 1.807) is 0 Å². The zero-order valence-electron chi connectivity index (χ0n) is 30.9. The molecule has 0 spiro atoms. The van der Waals surface area contributed by atoms with Crippen molar-refractivity contribution in [3.63, 3.8) is 0 Å². The largest absolute Gasteiger partial charge is 0.462 e. The van der Waals surface area contributed by atoms with Gasteiger partial charge in [0.05, 0.1) is 10.8 Å². The van der Waals surface area contributed by atoms with E-state index in [-0.39, 0.29) is 25.7 Å². The fourth-order valence-electron chi connectivity index (χ4n) is 7.77. The lowest BCUT2D eigenvalue weighted by molar-refractivity contribution is -0.405. The lowest BCUT2D eigenvalue weighted by atomic mass is 9.65. The first-order valence-corrected chi connectivity index (χ1v) is 17.6. The Bertz CT molecular complexity index is 1340. The van der Waals surface area contributed by atoms with Gasteiger partial charge in [-0.25, -0.2) is 0 Å². The van der Waals surface area contributed by atoms with E-state index in [2.05, 4.69) is 0 Å². The smallest absolute Gasteiger partial charge is 0.426 e. The summed E-state index contributed by atoms with van der Waals surface area (Å²) in [5.74, 6) is -11.8. The summed E-state index contributed by atoms with van der Waals surface area (Å²) in [5.41, 5.74) is -21.8. The molecule has 2 saturated carbocycles. The van der Waals surface area contributed by atoms with E-state index in [0.29, 0.717) is 6.42 Å². The normalized spacial score (nSPS) is 23.6. The number of aliphatic hydroxyl groups is 3. The number of hydrogen-bond donors (Lipinski definition) is 3. The minimum absolute atomic E-state index is 0.0522. The molecule has 25 heteroatoms. The van der Waals surface area contributed by atoms with Crippen molar-refractivity contribution < 1.29 is 113 Å². The van der Waals surface area contributed by atoms with Crippen LogP contribution in [0.2, 0.25) is 0 Å². The van der Waals surface area contributed by atoms with E-state index in [9.17, 15) is 104 Å². The molecule has 4 atom stereocenters. The second-order valence-corrected chi connectivity index (χ2v) is 16.0. The van der Waals surface area contributed by atoms with E-state index in [1.807, 2.05) is 0 Å². The van der Waals surface area contributed by atoms with Gasteiger partial charge in [0.25, 0.3) is 16.8 Å². The molecule has 0 saturated heterocycles. The molecule has 2 aliphatic rings. The Hall–Kier alpha value is -2.44. The minimum atomic E-state index is -6.81. The number of alkyl halides is 18. The van der Waals surface area contributed by atoms with E-state index in [1.165, 1.54) is 6.92 Å². The maximum Gasteiger partial charge on any atom is 0.426 e. The molecule has 2 fully saturated rings. The summed E-state index contributed by atoms with van der Waals surface area (Å²) in [7, 11) is 0. The maximum atomic E-state index is 13.8. The van der Waals surface area contributed by atoms with Crippen molar-refractivity contribution in [2.45, 2.75) is 164 Å². The Labute approximate surface area is 318 Å². The van der Waals surface area contributed by atoms with Gasteiger partial charge < -0.3 is 24.8 Å². The van der Waals surface area contributed by atoms with Crippen LogP contribution < -0.4 is 0 Å². The van der Waals surface area contributed by atoms with Gasteiger partial charge in [0.1, 0.15) is 12.2 Å². The van der Waals surface area contributed by atoms with Crippen LogP contribution in [0.4, 0.5) is 79.0 Å². The van der Waals surface area contributed by atoms with Gasteiger partial charge in [-0.1, -0.05) is 26.2 Å². The highest BCUT2D eigenvalue weighted by molar-refractivity contribution is 5.80. The van der Waals surface area contributed by atoms with Crippen molar-refractivity contribution in [2.75, 3.05) is 0 Å². The second-order valence-electron chi connectivity index (χ2n) is 16.0. The lowest BCUT2D eigenvalue weighted by Crippen LogP contribution is -2.67. The zero-order chi connectivity index (χ0) is 45.7. The maximum absolute atomic E-state index is 13.8. The number of carbonyl (C=O) groups is 2. The fraction of sp³-hybridized carbons (Fsp3) is 0.939. The molecule has 0 aromatic carbocycles. The number of carbonyl (C=O) groups excluding carboxylic acids is 2. The Balaban J connectivity index is 2.56. The third-order valence-corrected chi connectivity index (χ3v) is 11.4. The van der Waals surface area contributed by atoms with Gasteiger partial charge in [-0.3, -0.25) is 9.59 Å². The Morgan fingerprint density at radius 1 is 0.586 bits per heavy atom. The summed E-state index contributed by atoms with van der Waals surface area (Å²) in [6.07, 6.45) is -53.7. The quantitative estimate of drug-likeness (QED) is 0.132. The molecule has 2 rings (SSSR count). The van der Waals surface area contributed by atoms with Crippen LogP contribution >= 0.6 is 0 Å². The van der Waals surface area contributed by atoms with Crippen LogP contribution in [0.1, 0.15) is 98.3 Å². The molecule has 0 bridgehead atoms. The summed E-state index contributed by atoms with van der Waals surface area (Å²) in [6, 6.07) is 0. The molecule has 0 aliphatic heterocycles. The first-order chi connectivity index (χ1) is 25.6. The van der Waals surface area contributed by atoms with Crippen LogP contribution in [0.3, 0.4) is 0 Å². The summed E-state index contributed by atoms with van der Waals surface area (Å²) < 4.78 is 258. The standard InChI is InChI=1S/C33H42F18O7/c1-5-24(4,22(53)58-20(16-9-7-6-8-10-16)14-25(54,28(34,35)36)29(37,38)39)15-23(2,3)21(52)57-19-12-17(26(55,30(40,41)42)31(43,44)45)11-18(13-19)27(56,32(46,47)48)33(49,50)51/h16-20,54-56H,5-15H2,1-4H3. The topological polar surface area (TPSA) is 113 Å². The average molecular weight is 893 g/mol. The van der Waals surface area contributed by atoms with E-state index < -0.39 is 145 Å². The highest BCUT2D eigenvalue weighted by atomic mass is 19.4. The summed E-state index contributed by atoms with van der Waals surface area (Å²) >= 11 is 0. The molecule has 0 aromatic heterocycles. The van der Waals surface area contributed by atoms with Crippen LogP contribution in [-0.2, 0) is 19.1 Å². The predicted molar refractivity (Wildman–Crippen MR) is 160 cm³/mol. The minimum Gasteiger partial charge on any atom is -0.462 e. The predicted octanol–water partition coefficient (Wildman–Crippen LogP) is 9.60. The molecule has 342 valence electrons. The molecule has 2 aliphatic carbocycles. The summed E-state index contributed by atoms with van der Waals surface area (Å²) in [6.45, 7) is 3.86. The number of esters is 2. The number of halogens is 18. The molecular formula is C33H42F18O7. The number of rotatable bonds is 12. The van der Waals surface area contributed by atoms with Crippen LogP contribution in [0.25, 0.3) is 0 Å². The van der Waals surface area contributed by atoms with Crippen molar-refractivity contribution in [1.29, 1.82) is 0 Å². The van der Waals surface area contributed by atoms with Gasteiger partial charge >= 0.3 is 49.0 Å². The monoisotopic (exact) mass is 892 g/mol. The molecule has 0 aromatic rings. The number of hydrogen-bond acceptors (Lipinski definition) is 7. The molecular weight excluding hydrogens is 850 g/mol. The van der Waals surface area contributed by atoms with E-state index in [4.69, 9.17) is 9.47 Å². The lowest BCUT2D eigenvalue weighted by Gasteiger charge is -2.48. The molecule has 0 amide bonds. The van der Waals surface area contributed by atoms with Crippen LogP contribution in [0.15, 0.2) is 0 Å². The average Bonchev–Trinajstić information content (AvgIpc) is 3.03. The highest BCUT2D eigenvalue weighted by Crippen LogP contribution is 2.58. The van der Waals surface area contributed by atoms with Crippen molar-refractivity contribution in [3.05, 3.63) is 0 Å². The van der Waals surface area contributed by atoms with Crippen molar-refractivity contribution in [3.8, 4) is 0 Å². The van der Waals surface area contributed by atoms with Gasteiger partial charge in [0, 0.05) is 18.3 Å². The van der Waals surface area contributed by atoms with Gasteiger partial charge in [-0.05, 0) is 71.6 Å². The van der Waals surface area contributed by atoms with Crippen LogP contribution in [0.5, 0.6) is 0 Å². The molecule has 0 radical (unpaired) electrons. The third-order valence-electron chi connectivity index (χ3n) is 11.4. The molecule has 3 N–H and O–H groups in total. The number of ether oxygens (including phenoxy) is 2. The van der Waals surface area contributed by atoms with Gasteiger partial charge in [0.2, 0.25) is 0 Å². The first-order valence-electron chi connectivity index (χ1n) is 17.6. The van der Waals surface area contributed by atoms with Crippen molar-refractivity contribution in [1.82, 2.24) is 0 Å². The Kier molecular flexibility index (Phi) is 14.7. The summed E-state index contributed by atoms with van der Waals surface area (Å²) in [5, 5.41) is 29.8. The van der Waals surface area contributed by atoms with Gasteiger partial charge in [0.15, 0.2) is 0 Å². The highest BCUT2D eigenvalue weighted by Gasteiger charge is 2.78. The van der Waals surface area contributed by atoms with Crippen molar-refractivity contribution in [2.24, 2.45) is 28.6 Å².